The van der Waals surface area contributed by atoms with E-state index in [9.17, 15) is 13.2 Å². The summed E-state index contributed by atoms with van der Waals surface area (Å²) in [6.07, 6.45) is 0.659. The van der Waals surface area contributed by atoms with Gasteiger partial charge in [0.25, 0.3) is 15.9 Å². The molecule has 122 valence electrons. The first-order valence-corrected chi connectivity index (χ1v) is 8.84. The highest BCUT2D eigenvalue weighted by atomic mass is 32.2. The highest BCUT2D eigenvalue weighted by Crippen LogP contribution is 2.27. The van der Waals surface area contributed by atoms with Crippen molar-refractivity contribution in [2.45, 2.75) is 57.6 Å². The first kappa shape index (κ1) is 17.0. The molecule has 1 aliphatic rings. The van der Waals surface area contributed by atoms with E-state index in [2.05, 4.69) is 0 Å². The van der Waals surface area contributed by atoms with E-state index in [0.717, 1.165) is 16.3 Å². The molecule has 22 heavy (non-hydrogen) atoms. The minimum atomic E-state index is -3.87. The van der Waals surface area contributed by atoms with E-state index >= 15 is 0 Å². The Morgan fingerprint density at radius 1 is 1.18 bits per heavy atom. The Labute approximate surface area is 132 Å². The summed E-state index contributed by atoms with van der Waals surface area (Å²) < 4.78 is 32.0. The van der Waals surface area contributed by atoms with Crippen LogP contribution in [0, 0.1) is 20.8 Å². The Kier molecular flexibility index (Phi) is 4.63. The Balaban J connectivity index is 2.36. The maximum atomic E-state index is 12.8. The van der Waals surface area contributed by atoms with Crippen LogP contribution in [0.5, 0.6) is 0 Å². The van der Waals surface area contributed by atoms with Gasteiger partial charge in [0.05, 0.1) is 11.0 Å². The normalized spacial score (nSPS) is 21.9. The molecular formula is C16H23NO4S. The number of likely N-dealkylation sites (N-methyl/N-ethyl adjacent to an activating group) is 1. The number of benzene rings is 1. The molecular weight excluding hydrogens is 302 g/mol. The summed E-state index contributed by atoms with van der Waals surface area (Å²) in [5, 5.41) is 0. The highest BCUT2D eigenvalue weighted by Gasteiger charge is 2.36. The van der Waals surface area contributed by atoms with E-state index in [4.69, 9.17) is 4.74 Å². The van der Waals surface area contributed by atoms with Gasteiger partial charge in [-0.05, 0) is 51.7 Å². The fourth-order valence-electron chi connectivity index (χ4n) is 3.02. The Hall–Kier alpha value is -1.40. The first-order chi connectivity index (χ1) is 10.1. The summed E-state index contributed by atoms with van der Waals surface area (Å²) >= 11 is 0. The smallest absolute Gasteiger partial charge is 0.266 e. The van der Waals surface area contributed by atoms with Crippen molar-refractivity contribution in [3.8, 4) is 0 Å². The van der Waals surface area contributed by atoms with Gasteiger partial charge in [-0.2, -0.15) is 0 Å². The van der Waals surface area contributed by atoms with Crippen LogP contribution in [0.1, 0.15) is 36.5 Å². The number of rotatable bonds is 3. The number of sulfonamides is 1. The molecule has 2 rings (SSSR count). The van der Waals surface area contributed by atoms with Crippen molar-refractivity contribution in [1.82, 2.24) is 4.31 Å². The third kappa shape index (κ3) is 3.03. The standard InChI is InChI=1S/C16H23NO4S/c1-10-8-11(2)15(12(3)9-10)22(19,20)17(5)16(18)14-7-6-13(4)21-14/h8-9,13-14H,6-7H2,1-5H3/t13-,14+/m0/s1. The minimum absolute atomic E-state index is 0.00657. The van der Waals surface area contributed by atoms with Gasteiger partial charge in [0, 0.05) is 7.05 Å². The van der Waals surface area contributed by atoms with Crippen LogP contribution in [0.25, 0.3) is 0 Å². The Morgan fingerprint density at radius 3 is 2.18 bits per heavy atom. The molecule has 0 aromatic heterocycles. The third-order valence-corrected chi connectivity index (χ3v) is 6.10. The Bertz CT molecular complexity index is 673. The van der Waals surface area contributed by atoms with E-state index in [1.807, 2.05) is 26.0 Å². The second-order valence-corrected chi connectivity index (χ2v) is 7.96. The predicted octanol–water partition coefficient (Wildman–Crippen LogP) is 2.33. The molecule has 1 aromatic rings. The maximum Gasteiger partial charge on any atom is 0.266 e. The van der Waals surface area contributed by atoms with Crippen LogP contribution < -0.4 is 0 Å². The lowest BCUT2D eigenvalue weighted by atomic mass is 10.1. The summed E-state index contributed by atoms with van der Waals surface area (Å²) in [6.45, 7) is 7.30. The molecule has 1 saturated heterocycles. The lowest BCUT2D eigenvalue weighted by molar-refractivity contribution is -0.136. The zero-order valence-corrected chi connectivity index (χ0v) is 14.5. The van der Waals surface area contributed by atoms with Crippen molar-refractivity contribution < 1.29 is 17.9 Å². The number of amides is 1. The second kappa shape index (κ2) is 6.01. The Morgan fingerprint density at radius 2 is 1.73 bits per heavy atom. The number of carbonyl (C=O) groups excluding carboxylic acids is 1. The fraction of sp³-hybridized carbons (Fsp3) is 0.562. The number of hydrogen-bond donors (Lipinski definition) is 0. The molecule has 1 fully saturated rings. The molecule has 0 saturated carbocycles. The van der Waals surface area contributed by atoms with Crippen LogP contribution in [0.3, 0.4) is 0 Å². The number of aryl methyl sites for hydroxylation is 3. The van der Waals surface area contributed by atoms with E-state index in [1.165, 1.54) is 7.05 Å². The maximum absolute atomic E-state index is 12.8. The topological polar surface area (TPSA) is 63.7 Å². The predicted molar refractivity (Wildman–Crippen MR) is 84.2 cm³/mol. The number of ether oxygens (including phenoxy) is 1. The quantitative estimate of drug-likeness (QED) is 0.855. The summed E-state index contributed by atoms with van der Waals surface area (Å²) in [4.78, 5) is 12.6. The van der Waals surface area contributed by atoms with Crippen LogP contribution in [0.15, 0.2) is 17.0 Å². The van der Waals surface area contributed by atoms with Crippen LogP contribution in [-0.2, 0) is 19.6 Å². The number of carbonyl (C=O) groups is 1. The molecule has 1 aliphatic heterocycles. The van der Waals surface area contributed by atoms with Gasteiger partial charge in [-0.15, -0.1) is 0 Å². The van der Waals surface area contributed by atoms with Gasteiger partial charge in [-0.1, -0.05) is 17.7 Å². The zero-order chi connectivity index (χ0) is 16.7. The minimum Gasteiger partial charge on any atom is -0.365 e. The van der Waals surface area contributed by atoms with Crippen LogP contribution in [0.2, 0.25) is 0 Å². The van der Waals surface area contributed by atoms with E-state index in [-0.39, 0.29) is 11.0 Å². The monoisotopic (exact) mass is 325 g/mol. The van der Waals surface area contributed by atoms with Crippen LogP contribution in [0.4, 0.5) is 0 Å². The molecule has 0 spiro atoms. The summed E-state index contributed by atoms with van der Waals surface area (Å²) in [6, 6.07) is 3.62. The lowest BCUT2D eigenvalue weighted by Crippen LogP contribution is -2.40. The second-order valence-electron chi connectivity index (χ2n) is 6.05. The molecule has 0 aliphatic carbocycles. The van der Waals surface area contributed by atoms with Gasteiger partial charge < -0.3 is 4.74 Å². The van der Waals surface area contributed by atoms with Crippen molar-refractivity contribution in [2.75, 3.05) is 7.05 Å². The molecule has 2 atom stereocenters. The van der Waals surface area contributed by atoms with Crippen molar-refractivity contribution in [3.63, 3.8) is 0 Å². The van der Waals surface area contributed by atoms with Gasteiger partial charge in [0.15, 0.2) is 0 Å². The largest absolute Gasteiger partial charge is 0.365 e. The molecule has 6 heteroatoms. The van der Waals surface area contributed by atoms with Crippen molar-refractivity contribution in [1.29, 1.82) is 0 Å². The summed E-state index contributed by atoms with van der Waals surface area (Å²) in [5.41, 5.74) is 2.30. The van der Waals surface area contributed by atoms with Gasteiger partial charge in [0.1, 0.15) is 6.10 Å². The van der Waals surface area contributed by atoms with E-state index in [0.29, 0.717) is 17.5 Å². The van der Waals surface area contributed by atoms with Crippen LogP contribution in [-0.4, -0.2) is 37.9 Å². The summed E-state index contributed by atoms with van der Waals surface area (Å²) in [5.74, 6) is -0.497. The molecule has 1 heterocycles. The molecule has 0 unspecified atom stereocenters. The van der Waals surface area contributed by atoms with Crippen molar-refractivity contribution in [2.24, 2.45) is 0 Å². The van der Waals surface area contributed by atoms with Crippen molar-refractivity contribution >= 4 is 15.9 Å². The molecule has 0 radical (unpaired) electrons. The SMILES string of the molecule is Cc1cc(C)c(S(=O)(=O)N(C)C(=O)[C@H]2CC[C@H](C)O2)c(C)c1. The van der Waals surface area contributed by atoms with Crippen LogP contribution >= 0.6 is 0 Å². The first-order valence-electron chi connectivity index (χ1n) is 7.40. The molecule has 0 bridgehead atoms. The average molecular weight is 325 g/mol. The van der Waals surface area contributed by atoms with Gasteiger partial charge in [-0.3, -0.25) is 4.79 Å². The highest BCUT2D eigenvalue weighted by molar-refractivity contribution is 7.89. The average Bonchev–Trinajstić information content (AvgIpc) is 2.82. The van der Waals surface area contributed by atoms with E-state index < -0.39 is 22.0 Å². The molecule has 1 aromatic carbocycles. The van der Waals surface area contributed by atoms with Crippen molar-refractivity contribution in [3.05, 3.63) is 28.8 Å². The number of hydrogen-bond acceptors (Lipinski definition) is 4. The van der Waals surface area contributed by atoms with Gasteiger partial charge in [-0.25, -0.2) is 12.7 Å². The van der Waals surface area contributed by atoms with Gasteiger partial charge >= 0.3 is 0 Å². The van der Waals surface area contributed by atoms with Gasteiger partial charge in [0.2, 0.25) is 0 Å². The molecule has 0 N–H and O–H groups in total. The van der Waals surface area contributed by atoms with E-state index in [1.54, 1.807) is 13.8 Å². The number of nitrogens with zero attached hydrogens (tertiary/aromatic N) is 1. The summed E-state index contributed by atoms with van der Waals surface area (Å²) in [7, 11) is -2.56. The fourth-order valence-corrected chi connectivity index (χ4v) is 4.58. The third-order valence-electron chi connectivity index (χ3n) is 4.04. The molecule has 1 amide bonds. The molecule has 5 nitrogen and oxygen atoms in total. The zero-order valence-electron chi connectivity index (χ0n) is 13.7. The lowest BCUT2D eigenvalue weighted by Gasteiger charge is -2.23.